The van der Waals surface area contributed by atoms with Crippen LogP contribution in [0, 0.1) is 0 Å². The van der Waals surface area contributed by atoms with Gasteiger partial charge in [0, 0.05) is 24.0 Å². The molecule has 1 aliphatic heterocycles. The zero-order valence-electron chi connectivity index (χ0n) is 15.6. The maximum Gasteiger partial charge on any atom is 0.340 e. The molecule has 2 heterocycles. The molecule has 0 atom stereocenters. The number of aryl methyl sites for hydroxylation is 1. The van der Waals surface area contributed by atoms with E-state index in [9.17, 15) is 9.90 Å². The molecule has 1 N–H and O–H groups in total. The van der Waals surface area contributed by atoms with Crippen LogP contribution in [-0.4, -0.2) is 29.1 Å². The first-order valence-electron chi connectivity index (χ1n) is 9.70. The number of fused-ring (bicyclic) bond motifs is 1. The maximum atomic E-state index is 12.4. The topological polar surface area (TPSA) is 53.4 Å². The lowest BCUT2D eigenvalue weighted by Gasteiger charge is -2.30. The number of carboxylic acid groups (broad SMARTS) is 1. The average Bonchev–Trinajstić information content (AvgIpc) is 2.73. The van der Waals surface area contributed by atoms with Crippen LogP contribution >= 0.6 is 0 Å². The third kappa shape index (κ3) is 3.16. The Kier molecular flexibility index (Phi) is 4.80. The Bertz CT molecular complexity index is 977. The summed E-state index contributed by atoms with van der Waals surface area (Å²) in [6.45, 7) is 3.84. The first-order chi connectivity index (χ1) is 13.2. The van der Waals surface area contributed by atoms with Gasteiger partial charge in [0.15, 0.2) is 0 Å². The van der Waals surface area contributed by atoms with Crippen molar-refractivity contribution in [1.29, 1.82) is 0 Å². The molecule has 4 rings (SSSR count). The molecule has 0 unspecified atom stereocenters. The number of rotatable bonds is 4. The highest BCUT2D eigenvalue weighted by Gasteiger charge is 2.26. The molecule has 3 aromatic rings. The van der Waals surface area contributed by atoms with Gasteiger partial charge in [0.25, 0.3) is 0 Å². The summed E-state index contributed by atoms with van der Waals surface area (Å²) < 4.78 is 0. The van der Waals surface area contributed by atoms with E-state index in [1.165, 1.54) is 6.42 Å². The first-order valence-corrected chi connectivity index (χ1v) is 9.70. The van der Waals surface area contributed by atoms with Crippen molar-refractivity contribution < 1.29 is 9.90 Å². The lowest BCUT2D eigenvalue weighted by molar-refractivity contribution is 0.0698. The van der Waals surface area contributed by atoms with E-state index in [-0.39, 0.29) is 0 Å². The molecule has 4 heteroatoms. The number of para-hydroxylation sites is 1. The highest BCUT2D eigenvalue weighted by Crippen LogP contribution is 2.38. The van der Waals surface area contributed by atoms with Crippen molar-refractivity contribution in [2.75, 3.05) is 18.0 Å². The average molecular weight is 360 g/mol. The van der Waals surface area contributed by atoms with Gasteiger partial charge in [-0.05, 0) is 36.8 Å². The predicted molar refractivity (Wildman–Crippen MR) is 110 cm³/mol. The lowest BCUT2D eigenvalue weighted by atomic mass is 9.93. The number of hydrogen-bond donors (Lipinski definition) is 1. The molecule has 1 aliphatic rings. The van der Waals surface area contributed by atoms with E-state index in [1.54, 1.807) is 0 Å². The van der Waals surface area contributed by atoms with Gasteiger partial charge in [-0.25, -0.2) is 9.78 Å². The van der Waals surface area contributed by atoms with E-state index in [1.807, 2.05) is 42.5 Å². The van der Waals surface area contributed by atoms with Gasteiger partial charge < -0.3 is 10.0 Å². The highest BCUT2D eigenvalue weighted by atomic mass is 16.4. The number of hydrogen-bond acceptors (Lipinski definition) is 3. The van der Waals surface area contributed by atoms with Crippen LogP contribution in [0.2, 0.25) is 0 Å². The van der Waals surface area contributed by atoms with Crippen molar-refractivity contribution in [3.8, 4) is 11.1 Å². The normalized spacial score (nSPS) is 14.5. The fourth-order valence-electron chi connectivity index (χ4n) is 4.06. The van der Waals surface area contributed by atoms with Crippen LogP contribution in [0.5, 0.6) is 0 Å². The Balaban J connectivity index is 2.10. The van der Waals surface area contributed by atoms with Crippen LogP contribution < -0.4 is 4.90 Å². The molecule has 0 aliphatic carbocycles. The van der Waals surface area contributed by atoms with Gasteiger partial charge in [0.2, 0.25) is 0 Å². The van der Waals surface area contributed by atoms with Crippen LogP contribution in [0.3, 0.4) is 0 Å². The minimum absolute atomic E-state index is 0.323. The van der Waals surface area contributed by atoms with E-state index < -0.39 is 5.97 Å². The number of carboxylic acids is 1. The number of piperidine rings is 1. The van der Waals surface area contributed by atoms with E-state index in [0.717, 1.165) is 59.9 Å². The smallest absolute Gasteiger partial charge is 0.340 e. The van der Waals surface area contributed by atoms with Gasteiger partial charge >= 0.3 is 5.97 Å². The van der Waals surface area contributed by atoms with Crippen molar-refractivity contribution in [2.45, 2.75) is 32.6 Å². The van der Waals surface area contributed by atoms with Crippen molar-refractivity contribution in [3.05, 3.63) is 59.7 Å². The summed E-state index contributed by atoms with van der Waals surface area (Å²) in [5, 5.41) is 11.1. The Morgan fingerprint density at radius 1 is 1.04 bits per heavy atom. The lowest BCUT2D eigenvalue weighted by Crippen LogP contribution is -2.32. The van der Waals surface area contributed by atoms with Crippen LogP contribution in [0.25, 0.3) is 22.0 Å². The molecular weight excluding hydrogens is 336 g/mol. The zero-order chi connectivity index (χ0) is 18.8. The van der Waals surface area contributed by atoms with Crippen molar-refractivity contribution in [1.82, 2.24) is 4.98 Å². The molecule has 138 valence electrons. The number of carbonyl (C=O) groups is 1. The second-order valence-electron chi connectivity index (χ2n) is 7.07. The summed E-state index contributed by atoms with van der Waals surface area (Å²) in [4.78, 5) is 19.5. The minimum atomic E-state index is -0.911. The molecule has 1 aromatic heterocycles. The fraction of sp³-hybridized carbons (Fsp3) is 0.304. The second kappa shape index (κ2) is 7.39. The van der Waals surface area contributed by atoms with Gasteiger partial charge in [0.1, 0.15) is 11.4 Å². The molecule has 0 radical (unpaired) electrons. The molecule has 1 fully saturated rings. The van der Waals surface area contributed by atoms with Crippen LogP contribution in [0.4, 0.5) is 5.82 Å². The van der Waals surface area contributed by atoms with Crippen molar-refractivity contribution in [3.63, 3.8) is 0 Å². The summed E-state index contributed by atoms with van der Waals surface area (Å²) in [7, 11) is 0. The summed E-state index contributed by atoms with van der Waals surface area (Å²) in [6.07, 6.45) is 4.21. The quantitative estimate of drug-likeness (QED) is 0.699. The predicted octanol–water partition coefficient (Wildman–Crippen LogP) is 5.15. The Morgan fingerprint density at radius 2 is 1.78 bits per heavy atom. The molecule has 0 spiro atoms. The number of aromatic nitrogens is 1. The Labute approximate surface area is 159 Å². The third-order valence-corrected chi connectivity index (χ3v) is 5.39. The summed E-state index contributed by atoms with van der Waals surface area (Å²) in [5.41, 5.74) is 4.10. The molecule has 27 heavy (non-hydrogen) atoms. The van der Waals surface area contributed by atoms with Gasteiger partial charge in [-0.15, -0.1) is 0 Å². The molecular formula is C23H24N2O2. The maximum absolute atomic E-state index is 12.4. The standard InChI is InChI=1S/C23H24N2O2/c1-2-16-12-9-13-18-19(17-10-5-3-6-11-17)20(23(26)27)22(24-21(16)18)25-14-7-4-8-15-25/h3,5-6,9-13H,2,4,7-8,14-15H2,1H3,(H,26,27). The summed E-state index contributed by atoms with van der Waals surface area (Å²) in [5.74, 6) is -0.291. The van der Waals surface area contributed by atoms with E-state index in [4.69, 9.17) is 4.98 Å². The van der Waals surface area contributed by atoms with Crippen molar-refractivity contribution >= 4 is 22.7 Å². The van der Waals surface area contributed by atoms with Crippen LogP contribution in [-0.2, 0) is 6.42 Å². The first kappa shape index (κ1) is 17.5. The van der Waals surface area contributed by atoms with Gasteiger partial charge in [-0.1, -0.05) is 55.5 Å². The van der Waals surface area contributed by atoms with Gasteiger partial charge in [-0.2, -0.15) is 0 Å². The highest BCUT2D eigenvalue weighted by molar-refractivity contribution is 6.10. The van der Waals surface area contributed by atoms with E-state index in [2.05, 4.69) is 17.9 Å². The van der Waals surface area contributed by atoms with Gasteiger partial charge in [-0.3, -0.25) is 0 Å². The minimum Gasteiger partial charge on any atom is -0.478 e. The number of aromatic carboxylic acids is 1. The van der Waals surface area contributed by atoms with Crippen LogP contribution in [0.15, 0.2) is 48.5 Å². The summed E-state index contributed by atoms with van der Waals surface area (Å²) in [6, 6.07) is 15.9. The number of anilines is 1. The SMILES string of the molecule is CCc1cccc2c(-c3ccccc3)c(C(=O)O)c(N3CCCCC3)nc12. The third-order valence-electron chi connectivity index (χ3n) is 5.39. The van der Waals surface area contributed by atoms with Crippen LogP contribution in [0.1, 0.15) is 42.1 Å². The fourth-order valence-corrected chi connectivity index (χ4v) is 4.06. The second-order valence-corrected chi connectivity index (χ2v) is 7.07. The Morgan fingerprint density at radius 3 is 2.44 bits per heavy atom. The van der Waals surface area contributed by atoms with E-state index in [0.29, 0.717) is 11.4 Å². The Hall–Kier alpha value is -2.88. The van der Waals surface area contributed by atoms with Crippen molar-refractivity contribution in [2.24, 2.45) is 0 Å². The molecule has 0 bridgehead atoms. The largest absolute Gasteiger partial charge is 0.478 e. The monoisotopic (exact) mass is 360 g/mol. The van der Waals surface area contributed by atoms with E-state index >= 15 is 0 Å². The molecule has 4 nitrogen and oxygen atoms in total. The number of pyridine rings is 1. The molecule has 1 saturated heterocycles. The zero-order valence-corrected chi connectivity index (χ0v) is 15.6. The summed E-state index contributed by atoms with van der Waals surface area (Å²) >= 11 is 0. The number of benzene rings is 2. The van der Waals surface area contributed by atoms with Gasteiger partial charge in [0.05, 0.1) is 5.52 Å². The molecule has 2 aromatic carbocycles. The molecule has 0 saturated carbocycles. The number of nitrogens with zero attached hydrogens (tertiary/aromatic N) is 2. The molecule has 0 amide bonds.